The van der Waals surface area contributed by atoms with E-state index >= 15 is 0 Å². The zero-order valence-electron chi connectivity index (χ0n) is 23.1. The van der Waals surface area contributed by atoms with Gasteiger partial charge < -0.3 is 25.7 Å². The van der Waals surface area contributed by atoms with Crippen molar-refractivity contribution in [1.82, 2.24) is 0 Å². The molecule has 1 unspecified atom stereocenters. The van der Waals surface area contributed by atoms with Gasteiger partial charge in [0.25, 0.3) is 0 Å². The lowest BCUT2D eigenvalue weighted by molar-refractivity contribution is -0.368. The number of ether oxygens (including phenoxy) is 3. The smallest absolute Gasteiger partial charge is 0.306 e. The second-order valence-corrected chi connectivity index (χ2v) is 8.99. The summed E-state index contributed by atoms with van der Waals surface area (Å²) >= 11 is 0. The van der Waals surface area contributed by atoms with E-state index < -0.39 is 12.1 Å². The molecule has 0 fully saturated rings. The van der Waals surface area contributed by atoms with Crippen LogP contribution in [0.3, 0.4) is 0 Å². The highest BCUT2D eigenvalue weighted by Gasteiger charge is 2.19. The van der Waals surface area contributed by atoms with Gasteiger partial charge in [-0.25, -0.2) is 0 Å². The lowest BCUT2D eigenvalue weighted by atomic mass is 10.1. The highest BCUT2D eigenvalue weighted by Crippen LogP contribution is 2.09. The molecule has 0 aliphatic heterocycles. The van der Waals surface area contributed by atoms with Crippen LogP contribution in [0.5, 0.6) is 0 Å². The summed E-state index contributed by atoms with van der Waals surface area (Å²) in [6.45, 7) is 3.17. The molecule has 0 aromatic rings. The van der Waals surface area contributed by atoms with Crippen LogP contribution in [0.2, 0.25) is 0 Å². The van der Waals surface area contributed by atoms with Gasteiger partial charge in [0, 0.05) is 19.3 Å². The molecule has 0 aliphatic carbocycles. The summed E-state index contributed by atoms with van der Waals surface area (Å²) in [6.07, 6.45) is 23.8. The number of carbonyl (C=O) groups is 3. The number of unbranched alkanes of at least 4 members (excludes halogenated alkanes) is 5. The number of esters is 3. The second-order valence-electron chi connectivity index (χ2n) is 8.99. The van der Waals surface area contributed by atoms with Crippen molar-refractivity contribution in [3.63, 3.8) is 0 Å². The Labute approximate surface area is 223 Å². The molecule has 1 atom stereocenters. The van der Waals surface area contributed by atoms with Crippen molar-refractivity contribution in [3.05, 3.63) is 36.5 Å². The van der Waals surface area contributed by atoms with Crippen molar-refractivity contribution >= 4 is 17.9 Å². The van der Waals surface area contributed by atoms with Gasteiger partial charge in [0.15, 0.2) is 6.10 Å². The summed E-state index contributed by atoms with van der Waals surface area (Å²) < 4.78 is 15.8. The van der Waals surface area contributed by atoms with Gasteiger partial charge >= 0.3 is 17.9 Å². The molecule has 0 saturated carbocycles. The van der Waals surface area contributed by atoms with Crippen molar-refractivity contribution in [3.8, 4) is 0 Å². The molecule has 37 heavy (non-hydrogen) atoms. The minimum absolute atomic E-state index is 0.117. The minimum atomic E-state index is -0.800. The lowest BCUT2D eigenvalue weighted by Gasteiger charge is -2.18. The number of hydrogen-bond donors (Lipinski definition) is 2. The third kappa shape index (κ3) is 25.0. The Bertz CT molecular complexity index is 675. The molecule has 0 aromatic carbocycles. The molecular weight excluding hydrogens is 472 g/mol. The Hall–Kier alpha value is -2.45. The van der Waals surface area contributed by atoms with Gasteiger partial charge in [-0.3, -0.25) is 14.4 Å². The van der Waals surface area contributed by atoms with Crippen LogP contribution in [0.25, 0.3) is 0 Å². The third-order valence-corrected chi connectivity index (χ3v) is 5.45. The fourth-order valence-corrected chi connectivity index (χ4v) is 3.30. The standard InChI is InChI=1S/C29H50N2O6/c1-2-3-4-5-6-7-8-9-10-11-12-13-14-15-16-19-27(32)35-24-26(37-29(34)21-18-23-31)25-36-28(33)20-17-22-30/h3-4,6-7,9-10,26H,2,5,8,11-25,30-31H2,1H3/p+2/b4-3+,7-6+,10-9+. The van der Waals surface area contributed by atoms with Gasteiger partial charge in [-0.05, 0) is 38.5 Å². The van der Waals surface area contributed by atoms with E-state index in [-0.39, 0.29) is 38.0 Å². The summed E-state index contributed by atoms with van der Waals surface area (Å²) in [4.78, 5) is 35.8. The van der Waals surface area contributed by atoms with E-state index in [1.807, 2.05) is 0 Å². The summed E-state index contributed by atoms with van der Waals surface area (Å²) in [5.41, 5.74) is 7.40. The molecule has 0 bridgehead atoms. The van der Waals surface area contributed by atoms with Gasteiger partial charge in [-0.1, -0.05) is 62.6 Å². The molecule has 0 aromatic heterocycles. The van der Waals surface area contributed by atoms with Crippen LogP contribution in [-0.2, 0) is 28.6 Å². The van der Waals surface area contributed by atoms with Gasteiger partial charge in [0.2, 0.25) is 0 Å². The summed E-state index contributed by atoms with van der Waals surface area (Å²) in [5.74, 6) is -1.12. The molecule has 0 radical (unpaired) electrons. The molecule has 0 amide bonds. The Morgan fingerprint density at radius 3 is 1.70 bits per heavy atom. The average molecular weight is 525 g/mol. The maximum absolute atomic E-state index is 12.1. The minimum Gasteiger partial charge on any atom is -0.462 e. The van der Waals surface area contributed by atoms with Crippen LogP contribution >= 0.6 is 0 Å². The Kier molecular flexibility index (Phi) is 24.8. The number of rotatable bonds is 24. The molecule has 0 rings (SSSR count). The number of carbonyl (C=O) groups excluding carboxylic acids is 3. The number of quaternary nitrogens is 2. The van der Waals surface area contributed by atoms with Crippen molar-refractivity contribution in [1.29, 1.82) is 0 Å². The highest BCUT2D eigenvalue weighted by atomic mass is 16.6. The van der Waals surface area contributed by atoms with Gasteiger partial charge in [-0.2, -0.15) is 0 Å². The van der Waals surface area contributed by atoms with Crippen molar-refractivity contribution in [2.75, 3.05) is 26.3 Å². The van der Waals surface area contributed by atoms with E-state index in [0.29, 0.717) is 32.4 Å². The molecular formula is C29H52N2O6+2. The molecule has 8 heteroatoms. The number of hydrogen-bond acceptors (Lipinski definition) is 6. The molecule has 6 N–H and O–H groups in total. The predicted octanol–water partition coefficient (Wildman–Crippen LogP) is 3.62. The van der Waals surface area contributed by atoms with E-state index in [9.17, 15) is 14.4 Å². The average Bonchev–Trinajstić information content (AvgIpc) is 2.89. The summed E-state index contributed by atoms with van der Waals surface area (Å²) in [7, 11) is 0. The monoisotopic (exact) mass is 524 g/mol. The molecule has 0 spiro atoms. The predicted molar refractivity (Wildman–Crippen MR) is 145 cm³/mol. The van der Waals surface area contributed by atoms with Crippen LogP contribution in [0.15, 0.2) is 36.5 Å². The van der Waals surface area contributed by atoms with Crippen molar-refractivity contribution in [2.45, 2.75) is 103 Å². The Balaban J connectivity index is 4.01. The van der Waals surface area contributed by atoms with Crippen molar-refractivity contribution in [2.24, 2.45) is 0 Å². The maximum Gasteiger partial charge on any atom is 0.306 e. The molecule has 0 heterocycles. The van der Waals surface area contributed by atoms with E-state index in [1.54, 1.807) is 0 Å². The molecule has 0 aliphatic rings. The quantitative estimate of drug-likeness (QED) is 0.0857. The lowest BCUT2D eigenvalue weighted by Crippen LogP contribution is -2.50. The zero-order valence-corrected chi connectivity index (χ0v) is 23.1. The molecule has 8 nitrogen and oxygen atoms in total. The number of allylic oxidation sites excluding steroid dienone is 6. The van der Waals surface area contributed by atoms with E-state index in [2.05, 4.69) is 54.8 Å². The fraction of sp³-hybridized carbons (Fsp3) is 0.690. The Morgan fingerprint density at radius 2 is 1.11 bits per heavy atom. The van der Waals surface area contributed by atoms with Crippen LogP contribution in [0.1, 0.15) is 96.8 Å². The second kappa shape index (κ2) is 26.6. The maximum atomic E-state index is 12.1. The largest absolute Gasteiger partial charge is 0.462 e. The summed E-state index contributed by atoms with van der Waals surface area (Å²) in [5, 5.41) is 0. The highest BCUT2D eigenvalue weighted by molar-refractivity contribution is 5.71. The van der Waals surface area contributed by atoms with Gasteiger partial charge in [0.05, 0.1) is 25.9 Å². The van der Waals surface area contributed by atoms with E-state index in [0.717, 1.165) is 57.8 Å². The first-order valence-corrected chi connectivity index (χ1v) is 14.1. The Morgan fingerprint density at radius 1 is 0.622 bits per heavy atom. The molecule has 0 saturated heterocycles. The van der Waals surface area contributed by atoms with Gasteiger partial charge in [-0.15, -0.1) is 0 Å². The first-order valence-electron chi connectivity index (χ1n) is 14.1. The first-order chi connectivity index (χ1) is 18.0. The topological polar surface area (TPSA) is 134 Å². The van der Waals surface area contributed by atoms with Crippen molar-refractivity contribution < 1.29 is 40.1 Å². The van der Waals surface area contributed by atoms with Gasteiger partial charge in [0.1, 0.15) is 13.2 Å². The third-order valence-electron chi connectivity index (χ3n) is 5.45. The molecule has 212 valence electrons. The van der Waals surface area contributed by atoms with E-state index in [1.165, 1.54) is 0 Å². The SMILES string of the molecule is CC/C=C/C/C=C/C/C=C/CCCCCCCC(=O)OCC(COC(=O)CCC[NH3+])OC(=O)CCC[NH3+]. The van der Waals surface area contributed by atoms with Crippen LogP contribution < -0.4 is 11.5 Å². The first kappa shape index (κ1) is 34.6. The summed E-state index contributed by atoms with van der Waals surface area (Å²) in [6, 6.07) is 0. The van der Waals surface area contributed by atoms with Crippen LogP contribution in [0.4, 0.5) is 0 Å². The normalized spacial score (nSPS) is 12.4. The zero-order chi connectivity index (χ0) is 27.4. The fourth-order valence-electron chi connectivity index (χ4n) is 3.30. The van der Waals surface area contributed by atoms with E-state index in [4.69, 9.17) is 14.2 Å². The van der Waals surface area contributed by atoms with Crippen LogP contribution in [-0.4, -0.2) is 50.3 Å². The van der Waals surface area contributed by atoms with Crippen LogP contribution in [0, 0.1) is 0 Å².